The predicted octanol–water partition coefficient (Wildman–Crippen LogP) is 2.39. The van der Waals surface area contributed by atoms with Crippen molar-refractivity contribution in [3.8, 4) is 0 Å². The fourth-order valence-electron chi connectivity index (χ4n) is 2.10. The molecular formula is C11H22N2S. The summed E-state index contributed by atoms with van der Waals surface area (Å²) in [4.78, 5) is 2.31. The first-order valence-electron chi connectivity index (χ1n) is 5.80. The van der Waals surface area contributed by atoms with Crippen LogP contribution in [0.1, 0.15) is 39.5 Å². The molecule has 0 atom stereocenters. The molecule has 1 saturated heterocycles. The van der Waals surface area contributed by atoms with Crippen molar-refractivity contribution in [2.24, 2.45) is 5.92 Å². The van der Waals surface area contributed by atoms with E-state index >= 15 is 0 Å². The van der Waals surface area contributed by atoms with Crippen molar-refractivity contribution in [1.82, 2.24) is 10.2 Å². The van der Waals surface area contributed by atoms with Crippen molar-refractivity contribution in [3.63, 3.8) is 0 Å². The first-order chi connectivity index (χ1) is 6.77. The Morgan fingerprint density at radius 1 is 1.36 bits per heavy atom. The van der Waals surface area contributed by atoms with Gasteiger partial charge in [0.15, 0.2) is 5.11 Å². The van der Waals surface area contributed by atoms with Crippen LogP contribution in [0.2, 0.25) is 0 Å². The summed E-state index contributed by atoms with van der Waals surface area (Å²) in [5, 5.41) is 4.17. The van der Waals surface area contributed by atoms with Crippen LogP contribution >= 0.6 is 12.2 Å². The third kappa shape index (κ3) is 3.45. The zero-order valence-corrected chi connectivity index (χ0v) is 10.2. The summed E-state index contributed by atoms with van der Waals surface area (Å²) in [6.45, 7) is 7.60. The number of piperidine rings is 1. The Balaban J connectivity index is 2.24. The van der Waals surface area contributed by atoms with E-state index in [4.69, 9.17) is 12.2 Å². The van der Waals surface area contributed by atoms with Gasteiger partial charge in [0.05, 0.1) is 0 Å². The Morgan fingerprint density at radius 2 is 2.00 bits per heavy atom. The maximum absolute atomic E-state index is 5.29. The number of rotatable bonds is 3. The van der Waals surface area contributed by atoms with E-state index in [1.807, 2.05) is 0 Å². The zero-order valence-electron chi connectivity index (χ0n) is 9.38. The number of hydrogen-bond donors (Lipinski definition) is 1. The third-order valence-corrected chi connectivity index (χ3v) is 3.33. The number of nitrogens with zero attached hydrogens (tertiary/aromatic N) is 1. The van der Waals surface area contributed by atoms with Crippen LogP contribution in [0.15, 0.2) is 0 Å². The summed E-state index contributed by atoms with van der Waals surface area (Å²) in [6.07, 6.45) is 5.35. The Labute approximate surface area is 93.1 Å². The molecule has 0 unspecified atom stereocenters. The SMILES string of the molecule is CCCC1CCN(C(=S)NCC)CC1. The van der Waals surface area contributed by atoms with Crippen molar-refractivity contribution in [3.05, 3.63) is 0 Å². The minimum atomic E-state index is 0.938. The highest BCUT2D eigenvalue weighted by Gasteiger charge is 2.19. The number of nitrogens with one attached hydrogen (secondary N) is 1. The van der Waals surface area contributed by atoms with E-state index in [0.29, 0.717) is 0 Å². The lowest BCUT2D eigenvalue weighted by Crippen LogP contribution is -2.44. The van der Waals surface area contributed by atoms with E-state index < -0.39 is 0 Å². The molecule has 82 valence electrons. The van der Waals surface area contributed by atoms with Gasteiger partial charge >= 0.3 is 0 Å². The second kappa shape index (κ2) is 6.23. The second-order valence-corrected chi connectivity index (χ2v) is 4.44. The molecule has 1 aliphatic heterocycles. The smallest absolute Gasteiger partial charge is 0.168 e. The molecule has 0 aromatic rings. The van der Waals surface area contributed by atoms with Gasteiger partial charge in [0.25, 0.3) is 0 Å². The van der Waals surface area contributed by atoms with Crippen LogP contribution in [0.5, 0.6) is 0 Å². The molecule has 0 saturated carbocycles. The van der Waals surface area contributed by atoms with Gasteiger partial charge in [-0.25, -0.2) is 0 Å². The van der Waals surface area contributed by atoms with Crippen molar-refractivity contribution in [1.29, 1.82) is 0 Å². The molecule has 0 bridgehead atoms. The van der Waals surface area contributed by atoms with Gasteiger partial charge < -0.3 is 10.2 Å². The summed E-state index contributed by atoms with van der Waals surface area (Å²) in [7, 11) is 0. The first-order valence-corrected chi connectivity index (χ1v) is 6.21. The molecule has 2 nitrogen and oxygen atoms in total. The number of likely N-dealkylation sites (tertiary alicyclic amines) is 1. The van der Waals surface area contributed by atoms with Crippen LogP contribution in [0, 0.1) is 5.92 Å². The Hall–Kier alpha value is -0.310. The van der Waals surface area contributed by atoms with Crippen LogP contribution in [-0.2, 0) is 0 Å². The van der Waals surface area contributed by atoms with E-state index in [2.05, 4.69) is 24.1 Å². The molecule has 0 spiro atoms. The standard InChI is InChI=1S/C11H22N2S/c1-3-5-10-6-8-13(9-7-10)11(14)12-4-2/h10H,3-9H2,1-2H3,(H,12,14). The monoisotopic (exact) mass is 214 g/mol. The molecular weight excluding hydrogens is 192 g/mol. The predicted molar refractivity (Wildman–Crippen MR) is 65.5 cm³/mol. The highest BCUT2D eigenvalue weighted by atomic mass is 32.1. The first kappa shape index (κ1) is 11.8. The number of thiocarbonyl (C=S) groups is 1. The minimum Gasteiger partial charge on any atom is -0.363 e. The Bertz CT molecular complexity index is 174. The fourth-order valence-corrected chi connectivity index (χ4v) is 2.42. The molecule has 14 heavy (non-hydrogen) atoms. The van der Waals surface area contributed by atoms with Gasteiger partial charge in [0.2, 0.25) is 0 Å². The quantitative estimate of drug-likeness (QED) is 0.726. The maximum Gasteiger partial charge on any atom is 0.168 e. The molecule has 1 rings (SSSR count). The highest BCUT2D eigenvalue weighted by Crippen LogP contribution is 2.21. The second-order valence-electron chi connectivity index (χ2n) is 4.05. The molecule has 1 aliphatic rings. The van der Waals surface area contributed by atoms with Crippen LogP contribution in [0.4, 0.5) is 0 Å². The minimum absolute atomic E-state index is 0.938. The maximum atomic E-state index is 5.29. The third-order valence-electron chi connectivity index (χ3n) is 2.93. The van der Waals surface area contributed by atoms with Crippen LogP contribution in [0.25, 0.3) is 0 Å². The average Bonchev–Trinajstić information content (AvgIpc) is 2.20. The van der Waals surface area contributed by atoms with E-state index in [-0.39, 0.29) is 0 Å². The Morgan fingerprint density at radius 3 is 2.50 bits per heavy atom. The van der Waals surface area contributed by atoms with E-state index in [9.17, 15) is 0 Å². The molecule has 0 amide bonds. The molecule has 1 fully saturated rings. The summed E-state index contributed by atoms with van der Waals surface area (Å²) < 4.78 is 0. The number of hydrogen-bond acceptors (Lipinski definition) is 1. The van der Waals surface area contributed by atoms with Crippen molar-refractivity contribution < 1.29 is 0 Å². The topological polar surface area (TPSA) is 15.3 Å². The molecule has 1 N–H and O–H groups in total. The summed E-state index contributed by atoms with van der Waals surface area (Å²) in [5.74, 6) is 0.945. The van der Waals surface area contributed by atoms with Crippen molar-refractivity contribution in [2.75, 3.05) is 19.6 Å². The highest BCUT2D eigenvalue weighted by molar-refractivity contribution is 7.80. The van der Waals surface area contributed by atoms with Gasteiger partial charge in [0.1, 0.15) is 0 Å². The van der Waals surface area contributed by atoms with Crippen LogP contribution < -0.4 is 5.32 Å². The zero-order chi connectivity index (χ0) is 10.4. The van der Waals surface area contributed by atoms with E-state index in [1.165, 1.54) is 25.7 Å². The van der Waals surface area contributed by atoms with Crippen LogP contribution in [0.3, 0.4) is 0 Å². The van der Waals surface area contributed by atoms with Crippen molar-refractivity contribution >= 4 is 17.3 Å². The van der Waals surface area contributed by atoms with Crippen molar-refractivity contribution in [2.45, 2.75) is 39.5 Å². The molecule has 0 aliphatic carbocycles. The van der Waals surface area contributed by atoms with Crippen LogP contribution in [-0.4, -0.2) is 29.6 Å². The molecule has 3 heteroatoms. The fraction of sp³-hybridized carbons (Fsp3) is 0.909. The molecule has 1 heterocycles. The summed E-state index contributed by atoms with van der Waals surface area (Å²) >= 11 is 5.29. The lowest BCUT2D eigenvalue weighted by atomic mass is 9.93. The molecule has 0 radical (unpaired) electrons. The van der Waals surface area contributed by atoms with Gasteiger partial charge in [-0.2, -0.15) is 0 Å². The van der Waals surface area contributed by atoms with E-state index in [1.54, 1.807) is 0 Å². The molecule has 0 aromatic carbocycles. The Kier molecular flexibility index (Phi) is 5.23. The largest absolute Gasteiger partial charge is 0.363 e. The van der Waals surface area contributed by atoms with Gasteiger partial charge in [0, 0.05) is 19.6 Å². The summed E-state index contributed by atoms with van der Waals surface area (Å²) in [6, 6.07) is 0. The average molecular weight is 214 g/mol. The van der Waals surface area contributed by atoms with Gasteiger partial charge in [-0.05, 0) is 37.9 Å². The lowest BCUT2D eigenvalue weighted by molar-refractivity contribution is 0.253. The lowest BCUT2D eigenvalue weighted by Gasteiger charge is -2.33. The van der Waals surface area contributed by atoms with Gasteiger partial charge in [-0.1, -0.05) is 19.8 Å². The molecule has 0 aromatic heterocycles. The van der Waals surface area contributed by atoms with E-state index in [0.717, 1.165) is 30.7 Å². The van der Waals surface area contributed by atoms with Gasteiger partial charge in [-0.3, -0.25) is 0 Å². The van der Waals surface area contributed by atoms with Gasteiger partial charge in [-0.15, -0.1) is 0 Å². The summed E-state index contributed by atoms with van der Waals surface area (Å²) in [5.41, 5.74) is 0. The normalized spacial score (nSPS) is 18.3.